The standard InChI is InChI=1S/C25H21ClN4O5/c26-21-10-3-1-7-18(21)15-27-23(31)12-13-28-24(32)20-9-2-4-11-22(20)29(25(28)33)16-17-6-5-8-19(14-17)30(34)35/h1-11,14H,12-13,15-16H2,(H,27,31). The Hall–Kier alpha value is -4.24. The fourth-order valence-electron chi connectivity index (χ4n) is 3.81. The molecule has 4 rings (SSSR count). The second kappa shape index (κ2) is 10.4. The van der Waals surface area contributed by atoms with Crippen LogP contribution in [-0.2, 0) is 24.4 Å². The van der Waals surface area contributed by atoms with Crippen molar-refractivity contribution in [2.24, 2.45) is 0 Å². The normalized spacial score (nSPS) is 10.9. The van der Waals surface area contributed by atoms with Gasteiger partial charge in [0.25, 0.3) is 11.2 Å². The van der Waals surface area contributed by atoms with E-state index in [1.807, 2.05) is 6.07 Å². The minimum absolute atomic E-state index is 0.0278. The lowest BCUT2D eigenvalue weighted by molar-refractivity contribution is -0.384. The van der Waals surface area contributed by atoms with Crippen LogP contribution in [0.5, 0.6) is 0 Å². The van der Waals surface area contributed by atoms with Gasteiger partial charge in [0.05, 0.1) is 22.4 Å². The Bertz CT molecular complexity index is 1540. The van der Waals surface area contributed by atoms with Gasteiger partial charge in [-0.1, -0.05) is 54.1 Å². The van der Waals surface area contributed by atoms with Crippen LogP contribution in [0.25, 0.3) is 10.9 Å². The molecule has 0 saturated carbocycles. The summed E-state index contributed by atoms with van der Waals surface area (Å²) < 4.78 is 2.41. The van der Waals surface area contributed by atoms with Gasteiger partial charge in [-0.15, -0.1) is 0 Å². The van der Waals surface area contributed by atoms with Crippen molar-refractivity contribution < 1.29 is 9.72 Å². The van der Waals surface area contributed by atoms with Crippen molar-refractivity contribution in [1.82, 2.24) is 14.5 Å². The van der Waals surface area contributed by atoms with Crippen molar-refractivity contribution >= 4 is 34.1 Å². The second-order valence-corrected chi connectivity index (χ2v) is 8.30. The quantitative estimate of drug-likeness (QED) is 0.298. The number of aromatic nitrogens is 2. The Morgan fingerprint density at radius 1 is 0.971 bits per heavy atom. The lowest BCUT2D eigenvalue weighted by Crippen LogP contribution is -2.41. The topological polar surface area (TPSA) is 116 Å². The van der Waals surface area contributed by atoms with E-state index in [9.17, 15) is 24.5 Å². The van der Waals surface area contributed by atoms with Crippen LogP contribution < -0.4 is 16.6 Å². The van der Waals surface area contributed by atoms with E-state index in [-0.39, 0.29) is 37.6 Å². The zero-order chi connectivity index (χ0) is 24.9. The molecule has 0 atom stereocenters. The number of benzene rings is 3. The molecule has 0 aliphatic carbocycles. The van der Waals surface area contributed by atoms with Crippen LogP contribution in [0.4, 0.5) is 5.69 Å². The number of carbonyl (C=O) groups is 1. The van der Waals surface area contributed by atoms with E-state index >= 15 is 0 Å². The number of nitrogens with one attached hydrogen (secondary N) is 1. The number of fused-ring (bicyclic) bond motifs is 1. The van der Waals surface area contributed by atoms with Gasteiger partial charge in [0, 0.05) is 36.7 Å². The number of rotatable bonds is 8. The average molecular weight is 493 g/mol. The van der Waals surface area contributed by atoms with Crippen molar-refractivity contribution in [2.45, 2.75) is 26.1 Å². The molecule has 0 aliphatic rings. The molecule has 9 nitrogen and oxygen atoms in total. The average Bonchev–Trinajstić information content (AvgIpc) is 2.86. The summed E-state index contributed by atoms with van der Waals surface area (Å²) in [5.41, 5.74) is 0.509. The second-order valence-electron chi connectivity index (χ2n) is 7.89. The fraction of sp³-hybridized carbons (Fsp3) is 0.160. The molecule has 0 aliphatic heterocycles. The Morgan fingerprint density at radius 3 is 2.49 bits per heavy atom. The molecular weight excluding hydrogens is 472 g/mol. The molecule has 4 aromatic rings. The highest BCUT2D eigenvalue weighted by molar-refractivity contribution is 6.31. The van der Waals surface area contributed by atoms with Gasteiger partial charge in [0.15, 0.2) is 0 Å². The highest BCUT2D eigenvalue weighted by Gasteiger charge is 2.15. The zero-order valence-corrected chi connectivity index (χ0v) is 19.3. The molecular formula is C25H21ClN4O5. The number of carbonyl (C=O) groups excluding carboxylic acids is 1. The number of nitro benzene ring substituents is 1. The smallest absolute Gasteiger partial charge is 0.331 e. The summed E-state index contributed by atoms with van der Waals surface area (Å²) >= 11 is 6.11. The summed E-state index contributed by atoms with van der Waals surface area (Å²) in [6.45, 7) is 0.133. The maximum atomic E-state index is 13.3. The first-order valence-corrected chi connectivity index (χ1v) is 11.2. The van der Waals surface area contributed by atoms with Gasteiger partial charge >= 0.3 is 5.69 Å². The van der Waals surface area contributed by atoms with Gasteiger partial charge in [-0.2, -0.15) is 0 Å². The summed E-state index contributed by atoms with van der Waals surface area (Å²) in [5.74, 6) is -0.338. The number of nitrogens with zero attached hydrogens (tertiary/aromatic N) is 3. The van der Waals surface area contributed by atoms with Crippen LogP contribution in [-0.4, -0.2) is 20.0 Å². The maximum absolute atomic E-state index is 13.3. The van der Waals surface area contributed by atoms with Gasteiger partial charge in [-0.05, 0) is 29.3 Å². The summed E-state index contributed by atoms with van der Waals surface area (Å²) in [6.07, 6.45) is -0.0885. The molecule has 3 aromatic carbocycles. The summed E-state index contributed by atoms with van der Waals surface area (Å²) in [6, 6.07) is 19.7. The highest BCUT2D eigenvalue weighted by atomic mass is 35.5. The van der Waals surface area contributed by atoms with E-state index in [4.69, 9.17) is 11.6 Å². The number of hydrogen-bond acceptors (Lipinski definition) is 5. The van der Waals surface area contributed by atoms with E-state index in [1.54, 1.807) is 54.6 Å². The molecule has 1 amide bonds. The zero-order valence-electron chi connectivity index (χ0n) is 18.5. The number of nitro groups is 1. The fourth-order valence-corrected chi connectivity index (χ4v) is 4.01. The number of halogens is 1. The van der Waals surface area contributed by atoms with E-state index < -0.39 is 16.2 Å². The van der Waals surface area contributed by atoms with E-state index in [0.29, 0.717) is 21.5 Å². The summed E-state index contributed by atoms with van der Waals surface area (Å²) in [5, 5.41) is 14.7. The number of non-ortho nitro benzene ring substituents is 1. The lowest BCUT2D eigenvalue weighted by atomic mass is 10.2. The summed E-state index contributed by atoms with van der Waals surface area (Å²) in [7, 11) is 0. The predicted octanol–water partition coefficient (Wildman–Crippen LogP) is 3.48. The number of para-hydroxylation sites is 1. The molecule has 0 spiro atoms. The van der Waals surface area contributed by atoms with Crippen LogP contribution in [0, 0.1) is 10.1 Å². The lowest BCUT2D eigenvalue weighted by Gasteiger charge is -2.14. The Balaban J connectivity index is 1.61. The molecule has 0 fully saturated rings. The third kappa shape index (κ3) is 5.30. The van der Waals surface area contributed by atoms with Crippen molar-refractivity contribution in [3.63, 3.8) is 0 Å². The molecule has 0 bridgehead atoms. The van der Waals surface area contributed by atoms with Crippen molar-refractivity contribution in [3.8, 4) is 0 Å². The monoisotopic (exact) mass is 492 g/mol. The van der Waals surface area contributed by atoms with Crippen molar-refractivity contribution in [1.29, 1.82) is 0 Å². The van der Waals surface area contributed by atoms with Crippen LogP contribution in [0.2, 0.25) is 5.02 Å². The van der Waals surface area contributed by atoms with Gasteiger partial charge in [0.2, 0.25) is 5.91 Å². The van der Waals surface area contributed by atoms with Gasteiger partial charge in [0.1, 0.15) is 0 Å². The number of hydrogen-bond donors (Lipinski definition) is 1. The molecule has 10 heteroatoms. The molecule has 178 valence electrons. The first kappa shape index (κ1) is 23.9. The molecule has 0 unspecified atom stereocenters. The van der Waals surface area contributed by atoms with Crippen LogP contribution in [0.3, 0.4) is 0 Å². The summed E-state index contributed by atoms with van der Waals surface area (Å²) in [4.78, 5) is 49.4. The van der Waals surface area contributed by atoms with Gasteiger partial charge in [-0.25, -0.2) is 4.79 Å². The minimum atomic E-state index is -0.598. The molecule has 1 heterocycles. The van der Waals surface area contributed by atoms with Crippen LogP contribution >= 0.6 is 11.6 Å². The SMILES string of the molecule is O=C(CCn1c(=O)c2ccccc2n(Cc2cccc([N+](=O)[O-])c2)c1=O)NCc1ccccc1Cl. The van der Waals surface area contributed by atoms with E-state index in [1.165, 1.54) is 16.7 Å². The van der Waals surface area contributed by atoms with E-state index in [0.717, 1.165) is 10.1 Å². The molecule has 1 N–H and O–H groups in total. The van der Waals surface area contributed by atoms with Crippen molar-refractivity contribution in [2.75, 3.05) is 0 Å². The van der Waals surface area contributed by atoms with Gasteiger partial charge < -0.3 is 5.32 Å². The third-order valence-corrected chi connectivity index (χ3v) is 5.96. The first-order chi connectivity index (χ1) is 16.8. The first-order valence-electron chi connectivity index (χ1n) is 10.8. The Kier molecular flexibility index (Phi) is 7.07. The van der Waals surface area contributed by atoms with Crippen LogP contribution in [0.15, 0.2) is 82.4 Å². The Morgan fingerprint density at radius 2 is 1.71 bits per heavy atom. The third-order valence-electron chi connectivity index (χ3n) is 5.59. The molecule has 0 radical (unpaired) electrons. The molecule has 1 aromatic heterocycles. The van der Waals surface area contributed by atoms with Crippen molar-refractivity contribution in [3.05, 3.63) is 120 Å². The molecule has 0 saturated heterocycles. The largest absolute Gasteiger partial charge is 0.352 e. The molecule has 35 heavy (non-hydrogen) atoms. The highest BCUT2D eigenvalue weighted by Crippen LogP contribution is 2.16. The Labute approximate surface area is 204 Å². The minimum Gasteiger partial charge on any atom is -0.352 e. The number of amides is 1. The maximum Gasteiger partial charge on any atom is 0.331 e. The predicted molar refractivity (Wildman–Crippen MR) is 133 cm³/mol. The van der Waals surface area contributed by atoms with Crippen LogP contribution in [0.1, 0.15) is 17.5 Å². The van der Waals surface area contributed by atoms with Gasteiger partial charge in [-0.3, -0.25) is 28.8 Å². The van der Waals surface area contributed by atoms with E-state index in [2.05, 4.69) is 5.32 Å².